The first kappa shape index (κ1) is 14.5. The van der Waals surface area contributed by atoms with Gasteiger partial charge >= 0.3 is 5.97 Å². The van der Waals surface area contributed by atoms with E-state index in [1.54, 1.807) is 18.2 Å². The number of methoxy groups -OCH3 is 1. The molecule has 0 aliphatic heterocycles. The number of aromatic nitrogens is 1. The first-order valence-corrected chi connectivity index (χ1v) is 6.07. The van der Waals surface area contributed by atoms with Gasteiger partial charge in [0.25, 0.3) is 0 Å². The molecule has 0 bridgehead atoms. The van der Waals surface area contributed by atoms with Crippen molar-refractivity contribution in [1.82, 2.24) is 4.98 Å². The highest BCUT2D eigenvalue weighted by molar-refractivity contribution is 5.87. The Morgan fingerprint density at radius 1 is 1.29 bits per heavy atom. The molecule has 0 spiro atoms. The van der Waals surface area contributed by atoms with Crippen molar-refractivity contribution in [3.63, 3.8) is 0 Å². The molecular formula is C15H13NO5. The lowest BCUT2D eigenvalue weighted by molar-refractivity contribution is 0.0695. The number of pyridine rings is 1. The molecule has 108 valence electrons. The van der Waals surface area contributed by atoms with Crippen molar-refractivity contribution in [3.05, 3.63) is 53.3 Å². The number of carboxylic acid groups (broad SMARTS) is 1. The number of carbonyl (C=O) groups is 2. The zero-order chi connectivity index (χ0) is 15.2. The van der Waals surface area contributed by atoms with Crippen molar-refractivity contribution in [1.29, 1.82) is 0 Å². The summed E-state index contributed by atoms with van der Waals surface area (Å²) in [5, 5.41) is 8.88. The summed E-state index contributed by atoms with van der Waals surface area (Å²) in [5.74, 6) is -0.177. The molecule has 0 aliphatic carbocycles. The molecule has 1 aromatic carbocycles. The van der Waals surface area contributed by atoms with Crippen LogP contribution in [0.15, 0.2) is 36.7 Å². The van der Waals surface area contributed by atoms with Crippen molar-refractivity contribution < 1.29 is 24.2 Å². The summed E-state index contributed by atoms with van der Waals surface area (Å²) < 4.78 is 10.5. The molecule has 0 radical (unpaired) electrons. The second-order valence-corrected chi connectivity index (χ2v) is 4.19. The molecule has 0 unspecified atom stereocenters. The Morgan fingerprint density at radius 3 is 2.76 bits per heavy atom. The van der Waals surface area contributed by atoms with Crippen LogP contribution < -0.4 is 9.47 Å². The van der Waals surface area contributed by atoms with Gasteiger partial charge in [-0.05, 0) is 18.2 Å². The second kappa shape index (κ2) is 6.51. The molecule has 0 fully saturated rings. The predicted octanol–water partition coefficient (Wildman–Crippen LogP) is 2.18. The number of nitrogens with zero attached hydrogens (tertiary/aromatic N) is 1. The molecule has 2 rings (SSSR count). The number of carbonyl (C=O) groups excluding carboxylic acids is 1. The third-order valence-electron chi connectivity index (χ3n) is 2.83. The van der Waals surface area contributed by atoms with Crippen LogP contribution in [0.2, 0.25) is 0 Å². The van der Waals surface area contributed by atoms with Gasteiger partial charge in [-0.3, -0.25) is 9.78 Å². The van der Waals surface area contributed by atoms with Crippen molar-refractivity contribution in [2.45, 2.75) is 6.61 Å². The van der Waals surface area contributed by atoms with Crippen LogP contribution in [0.4, 0.5) is 0 Å². The standard InChI is InChI=1S/C15H13NO5/c1-20-13-3-2-10(12(5-13)8-17)9-21-14-4-11(15(18)19)6-16-7-14/h2-8H,9H2,1H3,(H,18,19). The Bertz CT molecular complexity index is 669. The van der Waals surface area contributed by atoms with E-state index >= 15 is 0 Å². The van der Waals surface area contributed by atoms with E-state index in [4.69, 9.17) is 14.6 Å². The summed E-state index contributed by atoms with van der Waals surface area (Å²) in [4.78, 5) is 25.7. The van der Waals surface area contributed by atoms with Crippen LogP contribution >= 0.6 is 0 Å². The van der Waals surface area contributed by atoms with Crippen molar-refractivity contribution >= 4 is 12.3 Å². The molecule has 0 saturated heterocycles. The smallest absolute Gasteiger partial charge is 0.337 e. The van der Waals surface area contributed by atoms with E-state index in [1.165, 1.54) is 25.6 Å². The lowest BCUT2D eigenvalue weighted by Gasteiger charge is -2.09. The Labute approximate surface area is 121 Å². The summed E-state index contributed by atoms with van der Waals surface area (Å²) in [6, 6.07) is 6.42. The molecule has 1 N–H and O–H groups in total. The summed E-state index contributed by atoms with van der Waals surface area (Å²) >= 11 is 0. The third-order valence-corrected chi connectivity index (χ3v) is 2.83. The van der Waals surface area contributed by atoms with Gasteiger partial charge in [0.1, 0.15) is 18.1 Å². The van der Waals surface area contributed by atoms with Gasteiger partial charge in [-0.25, -0.2) is 4.79 Å². The first-order valence-electron chi connectivity index (χ1n) is 6.07. The maximum absolute atomic E-state index is 11.0. The monoisotopic (exact) mass is 287 g/mol. The van der Waals surface area contributed by atoms with E-state index in [2.05, 4.69) is 4.98 Å². The fraction of sp³-hybridized carbons (Fsp3) is 0.133. The highest BCUT2D eigenvalue weighted by Gasteiger charge is 2.07. The minimum absolute atomic E-state index is 0.0397. The van der Waals surface area contributed by atoms with Crippen LogP contribution in [0.3, 0.4) is 0 Å². The van der Waals surface area contributed by atoms with Gasteiger partial charge in [0.2, 0.25) is 0 Å². The third kappa shape index (κ3) is 3.56. The molecule has 0 amide bonds. The van der Waals surface area contributed by atoms with Crippen molar-refractivity contribution in [2.75, 3.05) is 7.11 Å². The number of benzene rings is 1. The van der Waals surface area contributed by atoms with Gasteiger partial charge < -0.3 is 14.6 Å². The number of hydrogen-bond acceptors (Lipinski definition) is 5. The number of aromatic carboxylic acids is 1. The van der Waals surface area contributed by atoms with Gasteiger partial charge in [0.05, 0.1) is 18.9 Å². The molecule has 1 aromatic heterocycles. The molecule has 0 aliphatic rings. The summed E-state index contributed by atoms with van der Waals surface area (Å²) in [5.41, 5.74) is 1.17. The highest BCUT2D eigenvalue weighted by Crippen LogP contribution is 2.19. The SMILES string of the molecule is COc1ccc(COc2cncc(C(=O)O)c2)c(C=O)c1. The average Bonchev–Trinajstić information content (AvgIpc) is 2.53. The molecule has 6 heteroatoms. The van der Waals surface area contributed by atoms with Gasteiger partial charge in [-0.1, -0.05) is 6.07 Å². The summed E-state index contributed by atoms with van der Waals surface area (Å²) in [7, 11) is 1.52. The number of carboxylic acids is 1. The molecule has 21 heavy (non-hydrogen) atoms. The largest absolute Gasteiger partial charge is 0.497 e. The fourth-order valence-corrected chi connectivity index (χ4v) is 1.72. The Kier molecular flexibility index (Phi) is 4.50. The van der Waals surface area contributed by atoms with E-state index in [-0.39, 0.29) is 12.2 Å². The van der Waals surface area contributed by atoms with Gasteiger partial charge in [-0.15, -0.1) is 0 Å². The topological polar surface area (TPSA) is 85.7 Å². The summed E-state index contributed by atoms with van der Waals surface area (Å²) in [6.07, 6.45) is 3.36. The van der Waals surface area contributed by atoms with Crippen LogP contribution in [0.25, 0.3) is 0 Å². The molecule has 1 heterocycles. The second-order valence-electron chi connectivity index (χ2n) is 4.19. The van der Waals surface area contributed by atoms with Crippen LogP contribution in [0.1, 0.15) is 26.3 Å². The number of aldehydes is 1. The van der Waals surface area contributed by atoms with E-state index in [0.29, 0.717) is 28.9 Å². The fourth-order valence-electron chi connectivity index (χ4n) is 1.72. The maximum Gasteiger partial charge on any atom is 0.337 e. The van der Waals surface area contributed by atoms with Crippen LogP contribution in [0.5, 0.6) is 11.5 Å². The average molecular weight is 287 g/mol. The lowest BCUT2D eigenvalue weighted by atomic mass is 10.1. The van der Waals surface area contributed by atoms with E-state index < -0.39 is 5.97 Å². The molecule has 2 aromatic rings. The first-order chi connectivity index (χ1) is 10.1. The minimum Gasteiger partial charge on any atom is -0.497 e. The Morgan fingerprint density at radius 2 is 2.10 bits per heavy atom. The Balaban J connectivity index is 2.14. The van der Waals surface area contributed by atoms with Crippen LogP contribution in [-0.4, -0.2) is 29.5 Å². The lowest BCUT2D eigenvalue weighted by Crippen LogP contribution is -2.02. The van der Waals surface area contributed by atoms with Crippen LogP contribution in [0, 0.1) is 0 Å². The quantitative estimate of drug-likeness (QED) is 0.819. The number of rotatable bonds is 6. The molecule has 6 nitrogen and oxygen atoms in total. The van der Waals surface area contributed by atoms with E-state index in [1.807, 2.05) is 0 Å². The van der Waals surface area contributed by atoms with Gasteiger partial charge in [-0.2, -0.15) is 0 Å². The number of ether oxygens (including phenoxy) is 2. The molecule has 0 atom stereocenters. The van der Waals surface area contributed by atoms with E-state index in [0.717, 1.165) is 0 Å². The Hall–Kier alpha value is -2.89. The van der Waals surface area contributed by atoms with Crippen LogP contribution in [-0.2, 0) is 6.61 Å². The molecular weight excluding hydrogens is 274 g/mol. The van der Waals surface area contributed by atoms with Gasteiger partial charge in [0, 0.05) is 17.3 Å². The van der Waals surface area contributed by atoms with Crippen molar-refractivity contribution in [3.8, 4) is 11.5 Å². The predicted molar refractivity (Wildman–Crippen MR) is 73.9 cm³/mol. The van der Waals surface area contributed by atoms with Crippen molar-refractivity contribution in [2.24, 2.45) is 0 Å². The zero-order valence-electron chi connectivity index (χ0n) is 11.3. The zero-order valence-corrected chi connectivity index (χ0v) is 11.3. The van der Waals surface area contributed by atoms with Gasteiger partial charge in [0.15, 0.2) is 6.29 Å². The molecule has 0 saturated carbocycles. The summed E-state index contributed by atoms with van der Waals surface area (Å²) in [6.45, 7) is 0.128. The number of hydrogen-bond donors (Lipinski definition) is 1. The normalized spacial score (nSPS) is 9.95. The minimum atomic E-state index is -1.08. The van der Waals surface area contributed by atoms with E-state index in [9.17, 15) is 9.59 Å². The maximum atomic E-state index is 11.0. The highest BCUT2D eigenvalue weighted by atomic mass is 16.5.